The van der Waals surface area contributed by atoms with Gasteiger partial charge in [-0.2, -0.15) is 0 Å². The number of hydrogen-bond acceptors (Lipinski definition) is 4. The summed E-state index contributed by atoms with van der Waals surface area (Å²) in [6, 6.07) is 4.00. The summed E-state index contributed by atoms with van der Waals surface area (Å²) < 4.78 is 0.907. The lowest BCUT2D eigenvalue weighted by Crippen LogP contribution is -2.33. The zero-order valence-electron chi connectivity index (χ0n) is 10.9. The number of nitrogens with one attached hydrogen (secondary N) is 1. The standard InChI is InChI=1S/C13H16BrN5/c1-8(5-12(15)16)19(2)11-3-4-17-10-6-9(14)7-18-13(10)11/h3-4,6-8H,5H2,1-2H3,(H3,15,16). The Hall–Kier alpha value is -1.69. The van der Waals surface area contributed by atoms with Crippen LogP contribution in [0.4, 0.5) is 5.69 Å². The molecule has 19 heavy (non-hydrogen) atoms. The van der Waals surface area contributed by atoms with Crippen molar-refractivity contribution >= 4 is 38.5 Å². The van der Waals surface area contributed by atoms with Crippen LogP contribution in [0, 0.1) is 5.41 Å². The van der Waals surface area contributed by atoms with Crippen LogP contribution >= 0.6 is 15.9 Å². The summed E-state index contributed by atoms with van der Waals surface area (Å²) >= 11 is 3.39. The van der Waals surface area contributed by atoms with Crippen LogP contribution in [-0.4, -0.2) is 28.9 Å². The Bertz CT molecular complexity index is 613. The van der Waals surface area contributed by atoms with Crippen LogP contribution in [0.15, 0.2) is 29.0 Å². The average Bonchev–Trinajstić information content (AvgIpc) is 2.36. The topological polar surface area (TPSA) is 78.9 Å². The molecule has 0 radical (unpaired) electrons. The highest BCUT2D eigenvalue weighted by atomic mass is 79.9. The molecule has 0 fully saturated rings. The van der Waals surface area contributed by atoms with Crippen molar-refractivity contribution in [3.05, 3.63) is 29.0 Å². The minimum atomic E-state index is 0.133. The van der Waals surface area contributed by atoms with Gasteiger partial charge in [-0.1, -0.05) is 0 Å². The lowest BCUT2D eigenvalue weighted by molar-refractivity contribution is 0.710. The Morgan fingerprint density at radius 2 is 2.26 bits per heavy atom. The molecule has 1 unspecified atom stereocenters. The number of hydrogen-bond donors (Lipinski definition) is 2. The maximum atomic E-state index is 7.39. The van der Waals surface area contributed by atoms with E-state index in [0.29, 0.717) is 6.42 Å². The van der Waals surface area contributed by atoms with Gasteiger partial charge in [0.05, 0.1) is 17.0 Å². The van der Waals surface area contributed by atoms with Crippen molar-refractivity contribution in [2.24, 2.45) is 5.73 Å². The fourth-order valence-electron chi connectivity index (χ4n) is 1.97. The van der Waals surface area contributed by atoms with E-state index in [0.717, 1.165) is 21.2 Å². The van der Waals surface area contributed by atoms with Crippen molar-refractivity contribution in [2.75, 3.05) is 11.9 Å². The molecule has 0 aliphatic heterocycles. The number of amidine groups is 1. The molecule has 0 amide bonds. The molecule has 6 heteroatoms. The first-order valence-electron chi connectivity index (χ1n) is 5.95. The first-order chi connectivity index (χ1) is 8.99. The van der Waals surface area contributed by atoms with E-state index in [1.165, 1.54) is 0 Å². The second-order valence-electron chi connectivity index (χ2n) is 4.54. The third-order valence-electron chi connectivity index (χ3n) is 3.08. The number of halogens is 1. The largest absolute Gasteiger partial charge is 0.388 e. The van der Waals surface area contributed by atoms with Crippen molar-refractivity contribution in [3.8, 4) is 0 Å². The van der Waals surface area contributed by atoms with Gasteiger partial charge < -0.3 is 10.6 Å². The Morgan fingerprint density at radius 1 is 1.53 bits per heavy atom. The zero-order chi connectivity index (χ0) is 14.0. The van der Waals surface area contributed by atoms with Gasteiger partial charge in [-0.15, -0.1) is 0 Å². The van der Waals surface area contributed by atoms with Gasteiger partial charge in [-0.05, 0) is 35.0 Å². The highest BCUT2D eigenvalue weighted by molar-refractivity contribution is 9.10. The van der Waals surface area contributed by atoms with Gasteiger partial charge in [-0.3, -0.25) is 15.4 Å². The number of fused-ring (bicyclic) bond motifs is 1. The summed E-state index contributed by atoms with van der Waals surface area (Å²) in [5.41, 5.74) is 8.15. The summed E-state index contributed by atoms with van der Waals surface area (Å²) in [6.07, 6.45) is 4.05. The first-order valence-corrected chi connectivity index (χ1v) is 6.74. The summed E-state index contributed by atoms with van der Waals surface area (Å²) in [6.45, 7) is 2.03. The third kappa shape index (κ3) is 3.01. The second-order valence-corrected chi connectivity index (χ2v) is 5.46. The molecule has 2 aromatic rings. The van der Waals surface area contributed by atoms with Gasteiger partial charge in [0.1, 0.15) is 5.52 Å². The molecule has 2 rings (SSSR count). The molecule has 0 aliphatic carbocycles. The molecule has 1 atom stereocenters. The fraction of sp³-hybridized carbons (Fsp3) is 0.308. The number of nitrogens with two attached hydrogens (primary N) is 1. The Labute approximate surface area is 120 Å². The van der Waals surface area contributed by atoms with Crippen LogP contribution in [0.3, 0.4) is 0 Å². The molecule has 0 spiro atoms. The number of anilines is 1. The molecule has 100 valence electrons. The van der Waals surface area contributed by atoms with Crippen molar-refractivity contribution in [1.29, 1.82) is 5.41 Å². The van der Waals surface area contributed by atoms with Gasteiger partial charge in [-0.25, -0.2) is 0 Å². The van der Waals surface area contributed by atoms with Gasteiger partial charge in [0.15, 0.2) is 0 Å². The quantitative estimate of drug-likeness (QED) is 0.670. The predicted molar refractivity (Wildman–Crippen MR) is 81.6 cm³/mol. The second kappa shape index (κ2) is 5.52. The number of pyridine rings is 2. The van der Waals surface area contributed by atoms with Crippen LogP contribution in [-0.2, 0) is 0 Å². The van der Waals surface area contributed by atoms with E-state index in [9.17, 15) is 0 Å². The lowest BCUT2D eigenvalue weighted by atomic mass is 10.1. The average molecular weight is 322 g/mol. The number of nitrogens with zero attached hydrogens (tertiary/aromatic N) is 3. The van der Waals surface area contributed by atoms with Crippen LogP contribution in [0.5, 0.6) is 0 Å². The van der Waals surface area contributed by atoms with Crippen molar-refractivity contribution in [2.45, 2.75) is 19.4 Å². The Kier molecular flexibility index (Phi) is 3.99. The molecule has 5 nitrogen and oxygen atoms in total. The zero-order valence-corrected chi connectivity index (χ0v) is 12.5. The van der Waals surface area contributed by atoms with Crippen LogP contribution in [0.25, 0.3) is 11.0 Å². The van der Waals surface area contributed by atoms with E-state index in [4.69, 9.17) is 11.1 Å². The van der Waals surface area contributed by atoms with E-state index < -0.39 is 0 Å². The van der Waals surface area contributed by atoms with E-state index >= 15 is 0 Å². The van der Waals surface area contributed by atoms with Crippen LogP contribution in [0.1, 0.15) is 13.3 Å². The highest BCUT2D eigenvalue weighted by Crippen LogP contribution is 2.26. The molecule has 0 saturated heterocycles. The molecular weight excluding hydrogens is 306 g/mol. The minimum absolute atomic E-state index is 0.133. The SMILES string of the molecule is CC(CC(=N)N)N(C)c1ccnc2cc(Br)cnc12. The summed E-state index contributed by atoms with van der Waals surface area (Å²) in [4.78, 5) is 10.8. The van der Waals surface area contributed by atoms with E-state index in [1.54, 1.807) is 12.4 Å². The fourth-order valence-corrected chi connectivity index (χ4v) is 2.29. The molecule has 3 N–H and O–H groups in total. The molecule has 2 aromatic heterocycles. The first kappa shape index (κ1) is 13.7. The molecule has 0 aliphatic rings. The van der Waals surface area contributed by atoms with Crippen molar-refractivity contribution < 1.29 is 0 Å². The number of aromatic nitrogens is 2. The van der Waals surface area contributed by atoms with E-state index in [1.807, 2.05) is 26.1 Å². The summed E-state index contributed by atoms with van der Waals surface area (Å²) in [5, 5.41) is 7.39. The molecule has 0 saturated carbocycles. The van der Waals surface area contributed by atoms with Crippen molar-refractivity contribution in [1.82, 2.24) is 9.97 Å². The highest BCUT2D eigenvalue weighted by Gasteiger charge is 2.14. The van der Waals surface area contributed by atoms with Gasteiger partial charge >= 0.3 is 0 Å². The lowest BCUT2D eigenvalue weighted by Gasteiger charge is -2.27. The minimum Gasteiger partial charge on any atom is -0.388 e. The van der Waals surface area contributed by atoms with Crippen LogP contribution in [0.2, 0.25) is 0 Å². The summed E-state index contributed by atoms with van der Waals surface area (Å²) in [7, 11) is 1.98. The molecular formula is C13H16BrN5. The van der Waals surface area contributed by atoms with Gasteiger partial charge in [0.25, 0.3) is 0 Å². The maximum absolute atomic E-state index is 7.39. The maximum Gasteiger partial charge on any atom is 0.112 e. The molecule has 0 bridgehead atoms. The monoisotopic (exact) mass is 321 g/mol. The molecule has 0 aromatic carbocycles. The van der Waals surface area contributed by atoms with E-state index in [-0.39, 0.29) is 11.9 Å². The predicted octanol–water partition coefficient (Wildman–Crippen LogP) is 2.54. The van der Waals surface area contributed by atoms with Gasteiger partial charge in [0.2, 0.25) is 0 Å². The van der Waals surface area contributed by atoms with Gasteiger partial charge in [0, 0.05) is 36.4 Å². The Morgan fingerprint density at radius 3 is 2.95 bits per heavy atom. The van der Waals surface area contributed by atoms with Crippen LogP contribution < -0.4 is 10.6 Å². The smallest absolute Gasteiger partial charge is 0.112 e. The number of rotatable bonds is 4. The summed E-state index contributed by atoms with van der Waals surface area (Å²) in [5.74, 6) is 0.188. The normalized spacial score (nSPS) is 12.4. The van der Waals surface area contributed by atoms with Crippen molar-refractivity contribution in [3.63, 3.8) is 0 Å². The molecule has 2 heterocycles. The van der Waals surface area contributed by atoms with E-state index in [2.05, 4.69) is 30.8 Å². The third-order valence-corrected chi connectivity index (χ3v) is 3.51. The Balaban J connectivity index is 2.41.